The van der Waals surface area contributed by atoms with Crippen molar-refractivity contribution >= 4 is 53.5 Å². The normalized spacial score (nSPS) is 12.9. The van der Waals surface area contributed by atoms with Crippen LogP contribution in [-0.2, 0) is 36.1 Å². The van der Waals surface area contributed by atoms with E-state index in [4.69, 9.17) is 9.88 Å². The summed E-state index contributed by atoms with van der Waals surface area (Å²) < 4.78 is 56.6. The molecule has 35 heavy (non-hydrogen) atoms. The van der Waals surface area contributed by atoms with Gasteiger partial charge in [0.1, 0.15) is 6.54 Å². The van der Waals surface area contributed by atoms with Gasteiger partial charge in [0.2, 0.25) is 20.0 Å². The van der Waals surface area contributed by atoms with E-state index in [1.807, 2.05) is 0 Å². The number of esters is 1. The van der Waals surface area contributed by atoms with Gasteiger partial charge < -0.3 is 9.30 Å². The number of sulfonamides is 2. The smallest absolute Gasteiger partial charge is 0.325 e. The van der Waals surface area contributed by atoms with E-state index in [9.17, 15) is 26.4 Å². The Balaban J connectivity index is 2.07. The van der Waals surface area contributed by atoms with Crippen molar-refractivity contribution in [1.29, 1.82) is 0 Å². The third kappa shape index (κ3) is 5.67. The van der Waals surface area contributed by atoms with Gasteiger partial charge >= 0.3 is 5.97 Å². The number of hydrogen-bond acceptors (Lipinski definition) is 8. The summed E-state index contributed by atoms with van der Waals surface area (Å²) >= 11 is 0.992. The van der Waals surface area contributed by atoms with Crippen LogP contribution in [0, 0.1) is 0 Å². The van der Waals surface area contributed by atoms with E-state index in [2.05, 4.69) is 4.99 Å². The first kappa shape index (κ1) is 26.7. The molecule has 2 N–H and O–H groups in total. The van der Waals surface area contributed by atoms with E-state index in [1.165, 1.54) is 58.4 Å². The molecule has 0 aliphatic carbocycles. The van der Waals surface area contributed by atoms with Crippen LogP contribution in [0.5, 0.6) is 0 Å². The molecule has 3 aromatic rings. The number of carbonyl (C=O) groups is 2. The van der Waals surface area contributed by atoms with Crippen LogP contribution < -0.4 is 9.94 Å². The molecule has 11 nitrogen and oxygen atoms in total. The lowest BCUT2D eigenvalue weighted by atomic mass is 10.2. The van der Waals surface area contributed by atoms with Gasteiger partial charge in [-0.2, -0.15) is 9.30 Å². The minimum Gasteiger partial charge on any atom is -0.468 e. The van der Waals surface area contributed by atoms with Crippen molar-refractivity contribution in [1.82, 2.24) is 8.87 Å². The fourth-order valence-corrected chi connectivity index (χ4v) is 6.44. The van der Waals surface area contributed by atoms with Crippen molar-refractivity contribution in [3.05, 3.63) is 52.8 Å². The Morgan fingerprint density at radius 3 is 2.17 bits per heavy atom. The molecule has 1 heterocycles. The second-order valence-corrected chi connectivity index (χ2v) is 11.8. The van der Waals surface area contributed by atoms with E-state index in [0.29, 0.717) is 23.3 Å². The van der Waals surface area contributed by atoms with Crippen molar-refractivity contribution in [3.63, 3.8) is 0 Å². The Kier molecular flexibility index (Phi) is 7.91. The summed E-state index contributed by atoms with van der Waals surface area (Å²) in [6.45, 7) is 3.83. The molecule has 1 amide bonds. The Hall–Kier alpha value is -2.91. The lowest BCUT2D eigenvalue weighted by molar-refractivity contribution is -0.141. The maximum atomic E-state index is 12.9. The minimum absolute atomic E-state index is 0.0518. The molecule has 0 unspecified atom stereocenters. The number of ether oxygens (including phenoxy) is 1. The largest absolute Gasteiger partial charge is 0.468 e. The first-order valence-corrected chi connectivity index (χ1v) is 14.1. The van der Waals surface area contributed by atoms with Crippen LogP contribution in [0.15, 0.2) is 57.2 Å². The predicted octanol–water partition coefficient (Wildman–Crippen LogP) is 1.29. The van der Waals surface area contributed by atoms with Gasteiger partial charge in [-0.15, -0.1) is 0 Å². The van der Waals surface area contributed by atoms with Crippen LogP contribution in [-0.4, -0.2) is 57.8 Å². The number of fused-ring (bicyclic) bond motifs is 1. The maximum Gasteiger partial charge on any atom is 0.325 e. The number of primary sulfonamides is 1. The summed E-state index contributed by atoms with van der Waals surface area (Å²) in [4.78, 5) is 29.0. The summed E-state index contributed by atoms with van der Waals surface area (Å²) in [5, 5.41) is 5.20. The molecule has 1 aromatic heterocycles. The first-order chi connectivity index (χ1) is 16.4. The Labute approximate surface area is 206 Å². The second kappa shape index (κ2) is 10.4. The molecule has 0 atom stereocenters. The van der Waals surface area contributed by atoms with Crippen LogP contribution >= 0.6 is 11.3 Å². The molecule has 0 aliphatic rings. The lowest BCUT2D eigenvalue weighted by Gasteiger charge is -2.18. The van der Waals surface area contributed by atoms with Gasteiger partial charge in [-0.25, -0.2) is 22.0 Å². The minimum atomic E-state index is -3.96. The summed E-state index contributed by atoms with van der Waals surface area (Å²) in [6.07, 6.45) is 0. The van der Waals surface area contributed by atoms with Crippen LogP contribution in [0.1, 0.15) is 24.2 Å². The van der Waals surface area contributed by atoms with E-state index in [-0.39, 0.29) is 26.7 Å². The topological polar surface area (TPSA) is 158 Å². The molecule has 0 aliphatic heterocycles. The molecular formula is C21H24N4O7S3. The Morgan fingerprint density at radius 1 is 1.03 bits per heavy atom. The van der Waals surface area contributed by atoms with Gasteiger partial charge in [0.05, 0.1) is 27.1 Å². The molecule has 0 saturated heterocycles. The van der Waals surface area contributed by atoms with Gasteiger partial charge in [0, 0.05) is 18.7 Å². The highest BCUT2D eigenvalue weighted by molar-refractivity contribution is 7.89. The number of benzene rings is 2. The van der Waals surface area contributed by atoms with Gasteiger partial charge in [0.25, 0.3) is 5.91 Å². The zero-order valence-electron chi connectivity index (χ0n) is 19.2. The third-order valence-corrected chi connectivity index (χ3v) is 9.16. The number of nitrogens with zero attached hydrogens (tertiary/aromatic N) is 3. The monoisotopic (exact) mass is 540 g/mol. The van der Waals surface area contributed by atoms with E-state index in [1.54, 1.807) is 13.8 Å². The molecule has 0 bridgehead atoms. The first-order valence-electron chi connectivity index (χ1n) is 10.3. The van der Waals surface area contributed by atoms with Gasteiger partial charge in [-0.1, -0.05) is 25.2 Å². The average molecular weight is 541 g/mol. The zero-order valence-corrected chi connectivity index (χ0v) is 21.6. The number of rotatable bonds is 8. The molecule has 0 spiro atoms. The quantitative estimate of drug-likeness (QED) is 0.422. The SMILES string of the molecule is CCN(CC)S(=O)(=O)c1ccc(C(=O)N=c2sc3cc(S(N)(=O)=O)ccc3n2CC(=O)OC)cc1. The molecule has 188 valence electrons. The summed E-state index contributed by atoms with van der Waals surface area (Å²) in [7, 11) is -6.43. The molecule has 2 aromatic carbocycles. The molecular weight excluding hydrogens is 516 g/mol. The predicted molar refractivity (Wildman–Crippen MR) is 130 cm³/mol. The van der Waals surface area contributed by atoms with Crippen molar-refractivity contribution in [2.24, 2.45) is 10.1 Å². The number of nitrogens with two attached hydrogens (primary N) is 1. The van der Waals surface area contributed by atoms with E-state index in [0.717, 1.165) is 11.3 Å². The van der Waals surface area contributed by atoms with Crippen molar-refractivity contribution in [3.8, 4) is 0 Å². The van der Waals surface area contributed by atoms with Crippen molar-refractivity contribution < 1.29 is 31.2 Å². The van der Waals surface area contributed by atoms with Gasteiger partial charge in [0.15, 0.2) is 4.80 Å². The number of hydrogen-bond donors (Lipinski definition) is 1. The Morgan fingerprint density at radius 2 is 1.63 bits per heavy atom. The van der Waals surface area contributed by atoms with E-state index < -0.39 is 31.9 Å². The maximum absolute atomic E-state index is 12.9. The summed E-state index contributed by atoms with van der Waals surface area (Å²) in [6, 6.07) is 9.48. The fourth-order valence-electron chi connectivity index (χ4n) is 3.30. The van der Waals surface area contributed by atoms with Crippen LogP contribution in [0.25, 0.3) is 10.2 Å². The number of amides is 1. The highest BCUT2D eigenvalue weighted by atomic mass is 32.2. The molecule has 0 saturated carbocycles. The Bertz CT molecular complexity index is 1550. The standard InChI is InChI=1S/C21H24N4O7S3/c1-4-24(5-2)35(30,31)15-8-6-14(7-9-15)20(27)23-21-25(13-19(26)32-3)17-11-10-16(34(22,28)29)12-18(17)33-21/h6-12H,4-5,13H2,1-3H3,(H2,22,28,29). The second-order valence-electron chi connectivity index (χ2n) is 7.25. The molecule has 0 fully saturated rings. The van der Waals surface area contributed by atoms with E-state index >= 15 is 0 Å². The third-order valence-electron chi connectivity index (χ3n) is 5.14. The average Bonchev–Trinajstić information content (AvgIpc) is 3.15. The van der Waals surface area contributed by atoms with Crippen molar-refractivity contribution in [2.45, 2.75) is 30.2 Å². The van der Waals surface area contributed by atoms with Crippen LogP contribution in [0.4, 0.5) is 0 Å². The van der Waals surface area contributed by atoms with Crippen LogP contribution in [0.2, 0.25) is 0 Å². The number of methoxy groups -OCH3 is 1. The highest BCUT2D eigenvalue weighted by Crippen LogP contribution is 2.22. The molecule has 14 heteroatoms. The van der Waals surface area contributed by atoms with Gasteiger partial charge in [-0.3, -0.25) is 9.59 Å². The van der Waals surface area contributed by atoms with Crippen LogP contribution in [0.3, 0.4) is 0 Å². The lowest BCUT2D eigenvalue weighted by Crippen LogP contribution is -2.30. The molecule has 0 radical (unpaired) electrons. The highest BCUT2D eigenvalue weighted by Gasteiger charge is 2.22. The number of aromatic nitrogens is 1. The molecule has 3 rings (SSSR count). The number of carbonyl (C=O) groups excluding carboxylic acids is 2. The van der Waals surface area contributed by atoms with Crippen molar-refractivity contribution in [2.75, 3.05) is 20.2 Å². The number of thiazole rings is 1. The summed E-state index contributed by atoms with van der Waals surface area (Å²) in [5.41, 5.74) is 0.593. The zero-order chi connectivity index (χ0) is 26.0. The summed E-state index contributed by atoms with van der Waals surface area (Å²) in [5.74, 6) is -1.27. The van der Waals surface area contributed by atoms with Gasteiger partial charge in [-0.05, 0) is 42.5 Å². The fraction of sp³-hybridized carbons (Fsp3) is 0.286.